The lowest BCUT2D eigenvalue weighted by Crippen LogP contribution is -2.45. The van der Waals surface area contributed by atoms with Crippen molar-refractivity contribution in [3.63, 3.8) is 0 Å². The third kappa shape index (κ3) is 3.29. The van der Waals surface area contributed by atoms with Crippen molar-refractivity contribution in [3.05, 3.63) is 65.9 Å². The molecule has 0 saturated heterocycles. The molecule has 2 aliphatic heterocycles. The largest absolute Gasteiger partial charge is 0.459 e. The van der Waals surface area contributed by atoms with Gasteiger partial charge in [-0.3, -0.25) is 10.4 Å². The maximum Gasteiger partial charge on any atom is 0.141 e. The molecule has 6 nitrogen and oxygen atoms in total. The number of nitrogens with zero attached hydrogens (tertiary/aromatic N) is 3. The molecule has 0 bridgehead atoms. The molecule has 3 heterocycles. The first-order valence-electron chi connectivity index (χ1n) is 10.1. The average molecular weight is 421 g/mol. The van der Waals surface area contributed by atoms with Crippen LogP contribution in [0, 0.1) is 0 Å². The van der Waals surface area contributed by atoms with Crippen molar-refractivity contribution in [1.29, 1.82) is 0 Å². The average Bonchev–Trinajstić information content (AvgIpc) is 3.07. The van der Waals surface area contributed by atoms with E-state index < -0.39 is 6.10 Å². The SMILES string of the molecule is CC(O)C1=NC(C)C2=C(CN(S)N1)Cn1c(cc3ccccc31)-c1ccccc1O2. The molecule has 0 spiro atoms. The molecule has 7 heteroatoms. The number of hydrogen-bond acceptors (Lipinski definition) is 6. The Labute approximate surface area is 181 Å². The van der Waals surface area contributed by atoms with Crippen LogP contribution in [-0.4, -0.2) is 38.6 Å². The molecule has 5 rings (SSSR count). The summed E-state index contributed by atoms with van der Waals surface area (Å²) in [4.78, 5) is 4.69. The van der Waals surface area contributed by atoms with Gasteiger partial charge in [0.05, 0.1) is 12.2 Å². The molecular formula is C23H24N4O2S. The number of aliphatic imine (C=N–C) groups is 1. The van der Waals surface area contributed by atoms with Crippen molar-refractivity contribution in [2.24, 2.45) is 4.99 Å². The summed E-state index contributed by atoms with van der Waals surface area (Å²) in [6.07, 6.45) is -0.731. The van der Waals surface area contributed by atoms with Crippen molar-refractivity contribution in [2.75, 3.05) is 6.54 Å². The Kier molecular flexibility index (Phi) is 4.81. The molecule has 2 N–H and O–H groups in total. The highest BCUT2D eigenvalue weighted by atomic mass is 32.1. The normalized spacial score (nSPS) is 20.4. The van der Waals surface area contributed by atoms with Gasteiger partial charge in [-0.25, -0.2) is 0 Å². The van der Waals surface area contributed by atoms with E-state index in [1.54, 1.807) is 11.3 Å². The summed E-state index contributed by atoms with van der Waals surface area (Å²) in [7, 11) is 0. The molecule has 1 aromatic heterocycles. The predicted molar refractivity (Wildman–Crippen MR) is 122 cm³/mol. The molecular weight excluding hydrogens is 396 g/mol. The number of amidine groups is 1. The zero-order chi connectivity index (χ0) is 20.8. The number of ether oxygens (including phenoxy) is 1. The lowest BCUT2D eigenvalue weighted by Gasteiger charge is -2.31. The van der Waals surface area contributed by atoms with Crippen LogP contribution in [0.3, 0.4) is 0 Å². The molecule has 0 aliphatic carbocycles. The number of hydrogen-bond donors (Lipinski definition) is 3. The maximum absolute atomic E-state index is 10.1. The fourth-order valence-corrected chi connectivity index (χ4v) is 4.46. The zero-order valence-electron chi connectivity index (χ0n) is 16.9. The second-order valence-corrected chi connectivity index (χ2v) is 8.26. The lowest BCUT2D eigenvalue weighted by atomic mass is 10.1. The Bertz CT molecular complexity index is 1180. The molecule has 2 unspecified atom stereocenters. The summed E-state index contributed by atoms with van der Waals surface area (Å²) in [5.74, 6) is 2.06. The summed E-state index contributed by atoms with van der Waals surface area (Å²) in [5, 5.41) is 11.3. The molecule has 2 atom stereocenters. The molecule has 3 aromatic rings. The quantitative estimate of drug-likeness (QED) is 0.524. The highest BCUT2D eigenvalue weighted by Gasteiger charge is 2.28. The summed E-state index contributed by atoms with van der Waals surface area (Å²) in [5.41, 5.74) is 7.52. The van der Waals surface area contributed by atoms with Crippen molar-refractivity contribution >= 4 is 29.6 Å². The van der Waals surface area contributed by atoms with Gasteiger partial charge in [0.2, 0.25) is 0 Å². The number of benzene rings is 2. The molecule has 2 aromatic carbocycles. The van der Waals surface area contributed by atoms with Crippen LogP contribution in [0.1, 0.15) is 13.8 Å². The third-order valence-corrected chi connectivity index (χ3v) is 5.82. The predicted octanol–water partition coefficient (Wildman–Crippen LogP) is 3.79. The first kappa shape index (κ1) is 19.2. The number of aliphatic hydroxyl groups is 1. The smallest absolute Gasteiger partial charge is 0.141 e. The summed E-state index contributed by atoms with van der Waals surface area (Å²) in [6, 6.07) is 18.5. The van der Waals surface area contributed by atoms with E-state index >= 15 is 0 Å². The number of rotatable bonds is 1. The fraction of sp³-hybridized carbons (Fsp3) is 0.261. The number of thiol groups is 1. The van der Waals surface area contributed by atoms with Gasteiger partial charge >= 0.3 is 0 Å². The van der Waals surface area contributed by atoms with Crippen molar-refractivity contribution < 1.29 is 9.84 Å². The summed E-state index contributed by atoms with van der Waals surface area (Å²) >= 11 is 4.56. The number of para-hydroxylation sites is 2. The molecule has 0 saturated carbocycles. The number of fused-ring (bicyclic) bond motifs is 5. The Morgan fingerprint density at radius 3 is 2.77 bits per heavy atom. The van der Waals surface area contributed by atoms with Crippen molar-refractivity contribution in [1.82, 2.24) is 14.4 Å². The van der Waals surface area contributed by atoms with Crippen LogP contribution >= 0.6 is 12.8 Å². The number of aliphatic hydroxyl groups excluding tert-OH is 1. The van der Waals surface area contributed by atoms with E-state index in [2.05, 4.69) is 59.2 Å². The summed E-state index contributed by atoms with van der Waals surface area (Å²) < 4.78 is 10.5. The van der Waals surface area contributed by atoms with Crippen molar-refractivity contribution in [3.8, 4) is 17.0 Å². The Morgan fingerprint density at radius 1 is 1.17 bits per heavy atom. The van der Waals surface area contributed by atoms with Crippen LogP contribution in [0.15, 0.2) is 70.9 Å². The van der Waals surface area contributed by atoms with Crippen LogP contribution in [0.4, 0.5) is 0 Å². The zero-order valence-corrected chi connectivity index (χ0v) is 17.8. The van der Waals surface area contributed by atoms with Crippen LogP contribution in [0.25, 0.3) is 22.2 Å². The van der Waals surface area contributed by atoms with Gasteiger partial charge in [0, 0.05) is 28.6 Å². The highest BCUT2D eigenvalue weighted by molar-refractivity contribution is 7.77. The topological polar surface area (TPSA) is 62.0 Å². The van der Waals surface area contributed by atoms with E-state index in [-0.39, 0.29) is 6.04 Å². The molecule has 2 aliphatic rings. The van der Waals surface area contributed by atoms with Gasteiger partial charge in [-0.2, -0.15) is 4.41 Å². The standard InChI is InChI=1S/C23H24N4O2S/c1-14-22-17(13-27(30)25-23(24-14)15(2)28)12-26-19-9-5-3-7-16(19)11-20(26)18-8-4-6-10-21(18)29-22/h3-11,14-15,28,30H,12-13H2,1-2H3,(H,24,25). The second kappa shape index (κ2) is 7.50. The Morgan fingerprint density at radius 2 is 1.93 bits per heavy atom. The minimum atomic E-state index is -0.731. The van der Waals surface area contributed by atoms with Gasteiger partial charge in [-0.1, -0.05) is 43.1 Å². The lowest BCUT2D eigenvalue weighted by molar-refractivity contribution is 0.247. The van der Waals surface area contributed by atoms with Crippen LogP contribution in [-0.2, 0) is 6.54 Å². The third-order valence-electron chi connectivity index (χ3n) is 5.58. The monoisotopic (exact) mass is 420 g/mol. The van der Waals surface area contributed by atoms with Gasteiger partial charge in [0.1, 0.15) is 29.5 Å². The van der Waals surface area contributed by atoms with Gasteiger partial charge < -0.3 is 14.4 Å². The first-order valence-corrected chi connectivity index (χ1v) is 10.5. The summed E-state index contributed by atoms with van der Waals surface area (Å²) in [6.45, 7) is 4.85. The highest BCUT2D eigenvalue weighted by Crippen LogP contribution is 2.38. The molecule has 0 amide bonds. The van der Waals surface area contributed by atoms with E-state index in [1.807, 2.05) is 25.1 Å². The Hall–Kier alpha value is -2.74. The first-order chi connectivity index (χ1) is 14.5. The minimum absolute atomic E-state index is 0.254. The van der Waals surface area contributed by atoms with Gasteiger partial charge in [-0.05, 0) is 38.1 Å². The molecule has 154 valence electrons. The van der Waals surface area contributed by atoms with Gasteiger partial charge in [0.25, 0.3) is 0 Å². The van der Waals surface area contributed by atoms with Crippen molar-refractivity contribution in [2.45, 2.75) is 32.5 Å². The molecule has 30 heavy (non-hydrogen) atoms. The van der Waals surface area contributed by atoms with Crippen LogP contribution in [0.2, 0.25) is 0 Å². The Balaban J connectivity index is 1.75. The van der Waals surface area contributed by atoms with Crippen LogP contribution in [0.5, 0.6) is 5.75 Å². The minimum Gasteiger partial charge on any atom is -0.459 e. The van der Waals surface area contributed by atoms with E-state index in [1.165, 1.54) is 10.9 Å². The van der Waals surface area contributed by atoms with E-state index in [4.69, 9.17) is 9.73 Å². The number of hydrazine groups is 1. The van der Waals surface area contributed by atoms with Gasteiger partial charge in [-0.15, -0.1) is 0 Å². The second-order valence-electron chi connectivity index (χ2n) is 7.78. The fourth-order valence-electron chi connectivity index (χ4n) is 4.19. The number of nitrogens with one attached hydrogen (secondary N) is 1. The maximum atomic E-state index is 10.1. The molecule has 0 fully saturated rings. The van der Waals surface area contributed by atoms with E-state index in [0.29, 0.717) is 18.9 Å². The van der Waals surface area contributed by atoms with Crippen LogP contribution < -0.4 is 10.2 Å². The molecule has 0 radical (unpaired) electrons. The van der Waals surface area contributed by atoms with Gasteiger partial charge in [0.15, 0.2) is 0 Å². The number of aromatic nitrogens is 1. The van der Waals surface area contributed by atoms with E-state index in [9.17, 15) is 5.11 Å². The van der Waals surface area contributed by atoms with E-state index in [0.717, 1.165) is 28.3 Å².